The van der Waals surface area contributed by atoms with Crippen molar-refractivity contribution in [2.75, 3.05) is 23.3 Å². The Hall–Kier alpha value is -3.23. The van der Waals surface area contributed by atoms with Crippen molar-refractivity contribution >= 4 is 27.4 Å². The molecule has 8 heteroatoms. The van der Waals surface area contributed by atoms with Gasteiger partial charge in [-0.2, -0.15) is 4.31 Å². The molecule has 1 atom stereocenters. The third-order valence-corrected chi connectivity index (χ3v) is 8.13. The van der Waals surface area contributed by atoms with Gasteiger partial charge in [0, 0.05) is 36.1 Å². The van der Waals surface area contributed by atoms with Gasteiger partial charge in [-0.1, -0.05) is 37.1 Å². The number of pyridine rings is 1. The number of rotatable bonds is 5. The molecule has 7 nitrogen and oxygen atoms in total. The zero-order chi connectivity index (χ0) is 22.8. The van der Waals surface area contributed by atoms with Crippen LogP contribution in [-0.2, 0) is 10.0 Å². The van der Waals surface area contributed by atoms with Crippen LogP contribution in [0.2, 0.25) is 0 Å². The third kappa shape index (κ3) is 4.12. The molecule has 1 amide bonds. The van der Waals surface area contributed by atoms with Gasteiger partial charge in [0.1, 0.15) is 12.0 Å². The highest BCUT2D eigenvalue weighted by Crippen LogP contribution is 2.37. The molecule has 0 unspecified atom stereocenters. The number of benzene rings is 2. The molecule has 3 aromatic rings. The van der Waals surface area contributed by atoms with E-state index in [1.165, 1.54) is 0 Å². The standard InChI is InChI=1S/C25H26N4O3S/c30-25-22-10-4-3-9-21(22)24(29(25)23-11-5-6-16-26-23)27-19-12-14-20(15-13-19)33(31,32)28-17-7-1-2-8-18-28/h3-6,9-16,24,27H,1-2,7-8,17-18H2/t24-/m1/s1. The zero-order valence-electron chi connectivity index (χ0n) is 18.2. The molecule has 33 heavy (non-hydrogen) atoms. The van der Waals surface area contributed by atoms with E-state index >= 15 is 0 Å². The highest BCUT2D eigenvalue weighted by Gasteiger charge is 2.38. The molecule has 1 N–H and O–H groups in total. The van der Waals surface area contributed by atoms with Gasteiger partial charge in [0.2, 0.25) is 10.0 Å². The number of carbonyl (C=O) groups is 1. The molecule has 2 aliphatic heterocycles. The number of nitrogens with zero attached hydrogens (tertiary/aromatic N) is 3. The number of anilines is 2. The number of fused-ring (bicyclic) bond motifs is 1. The lowest BCUT2D eigenvalue weighted by Crippen LogP contribution is -2.33. The lowest BCUT2D eigenvalue weighted by Gasteiger charge is -2.26. The summed E-state index contributed by atoms with van der Waals surface area (Å²) in [7, 11) is -3.51. The van der Waals surface area contributed by atoms with E-state index in [9.17, 15) is 13.2 Å². The van der Waals surface area contributed by atoms with Gasteiger partial charge >= 0.3 is 0 Å². The van der Waals surface area contributed by atoms with E-state index in [4.69, 9.17) is 0 Å². The maximum atomic E-state index is 13.1. The summed E-state index contributed by atoms with van der Waals surface area (Å²) in [6.45, 7) is 1.14. The van der Waals surface area contributed by atoms with Crippen LogP contribution in [0.25, 0.3) is 0 Å². The van der Waals surface area contributed by atoms with Crippen molar-refractivity contribution < 1.29 is 13.2 Å². The molecule has 5 rings (SSSR count). The third-order valence-electron chi connectivity index (χ3n) is 6.22. The highest BCUT2D eigenvalue weighted by atomic mass is 32.2. The normalized spacial score (nSPS) is 19.2. The summed E-state index contributed by atoms with van der Waals surface area (Å²) in [6.07, 6.45) is 5.16. The second kappa shape index (κ2) is 8.96. The molecule has 0 bridgehead atoms. The quantitative estimate of drug-likeness (QED) is 0.607. The van der Waals surface area contributed by atoms with Crippen molar-refractivity contribution in [1.82, 2.24) is 9.29 Å². The van der Waals surface area contributed by atoms with E-state index in [-0.39, 0.29) is 5.91 Å². The van der Waals surface area contributed by atoms with Crippen molar-refractivity contribution in [1.29, 1.82) is 0 Å². The fraction of sp³-hybridized carbons (Fsp3) is 0.280. The summed E-state index contributed by atoms with van der Waals surface area (Å²) in [5.74, 6) is 0.429. The molecule has 1 fully saturated rings. The van der Waals surface area contributed by atoms with Crippen molar-refractivity contribution in [2.24, 2.45) is 0 Å². The molecule has 1 aromatic heterocycles. The Labute approximate surface area is 194 Å². The fourth-order valence-electron chi connectivity index (χ4n) is 4.50. The van der Waals surface area contributed by atoms with E-state index in [2.05, 4.69) is 10.3 Å². The number of nitrogens with one attached hydrogen (secondary N) is 1. The number of amides is 1. The first-order valence-electron chi connectivity index (χ1n) is 11.3. The molecule has 2 aliphatic rings. The van der Waals surface area contributed by atoms with Crippen LogP contribution in [0.3, 0.4) is 0 Å². The van der Waals surface area contributed by atoms with Crippen LogP contribution in [0.4, 0.5) is 11.5 Å². The molecule has 0 saturated carbocycles. The summed E-state index contributed by atoms with van der Waals surface area (Å²) >= 11 is 0. The minimum absolute atomic E-state index is 0.123. The van der Waals surface area contributed by atoms with E-state index in [0.717, 1.165) is 36.9 Å². The van der Waals surface area contributed by atoms with Crippen molar-refractivity contribution in [3.8, 4) is 0 Å². The van der Waals surface area contributed by atoms with Crippen molar-refractivity contribution in [2.45, 2.75) is 36.7 Å². The molecule has 1 saturated heterocycles. The first kappa shape index (κ1) is 21.6. The predicted molar refractivity (Wildman–Crippen MR) is 128 cm³/mol. The Balaban J connectivity index is 1.42. The minimum atomic E-state index is -3.51. The van der Waals surface area contributed by atoms with Gasteiger partial charge in [-0.3, -0.25) is 9.69 Å². The topological polar surface area (TPSA) is 82.6 Å². The van der Waals surface area contributed by atoms with E-state index in [1.807, 2.05) is 36.4 Å². The molecular weight excluding hydrogens is 436 g/mol. The zero-order valence-corrected chi connectivity index (χ0v) is 19.0. The van der Waals surface area contributed by atoms with Gasteiger partial charge in [-0.15, -0.1) is 0 Å². The lowest BCUT2D eigenvalue weighted by atomic mass is 10.1. The van der Waals surface area contributed by atoms with Crippen molar-refractivity contribution in [3.63, 3.8) is 0 Å². The summed E-state index contributed by atoms with van der Waals surface area (Å²) in [4.78, 5) is 19.4. The Bertz CT molecular complexity index is 1240. The molecule has 0 spiro atoms. The average Bonchev–Trinajstić information content (AvgIpc) is 3.01. The molecule has 2 aromatic carbocycles. The van der Waals surface area contributed by atoms with Crippen molar-refractivity contribution in [3.05, 3.63) is 84.1 Å². The van der Waals surface area contributed by atoms with Crippen LogP contribution in [0.15, 0.2) is 77.8 Å². The lowest BCUT2D eigenvalue weighted by molar-refractivity contribution is 0.0992. The Morgan fingerprint density at radius 3 is 2.24 bits per heavy atom. The largest absolute Gasteiger partial charge is 0.361 e. The van der Waals surface area contributed by atoms with Gasteiger partial charge in [0.05, 0.1) is 4.90 Å². The molecular formula is C25H26N4O3S. The van der Waals surface area contributed by atoms with Gasteiger partial charge in [0.15, 0.2) is 0 Å². The second-order valence-corrected chi connectivity index (χ2v) is 10.3. The summed E-state index contributed by atoms with van der Waals surface area (Å²) < 4.78 is 27.8. The monoisotopic (exact) mass is 462 g/mol. The minimum Gasteiger partial charge on any atom is -0.361 e. The summed E-state index contributed by atoms with van der Waals surface area (Å²) in [5.41, 5.74) is 2.20. The van der Waals surface area contributed by atoms with E-state index in [1.54, 1.807) is 45.7 Å². The number of carbonyl (C=O) groups excluding carboxylic acids is 1. The van der Waals surface area contributed by atoms with Crippen LogP contribution >= 0.6 is 0 Å². The SMILES string of the molecule is O=C1c2ccccc2[C@H](Nc2ccc(S(=O)(=O)N3CCCCCC3)cc2)N1c1ccccn1. The maximum absolute atomic E-state index is 13.1. The van der Waals surface area contributed by atoms with Gasteiger partial charge in [-0.25, -0.2) is 13.4 Å². The molecule has 170 valence electrons. The Morgan fingerprint density at radius 1 is 0.848 bits per heavy atom. The number of sulfonamides is 1. The Morgan fingerprint density at radius 2 is 1.55 bits per heavy atom. The van der Waals surface area contributed by atoms with Gasteiger partial charge in [0.25, 0.3) is 5.91 Å². The van der Waals surface area contributed by atoms with Crippen LogP contribution in [0.5, 0.6) is 0 Å². The maximum Gasteiger partial charge on any atom is 0.261 e. The number of hydrogen-bond acceptors (Lipinski definition) is 5. The molecule has 0 radical (unpaired) electrons. The Kier molecular flexibility index (Phi) is 5.86. The van der Waals surface area contributed by atoms with Crippen LogP contribution in [0.1, 0.15) is 47.8 Å². The summed E-state index contributed by atoms with van der Waals surface area (Å²) in [5, 5.41) is 3.40. The van der Waals surface area contributed by atoms with Gasteiger partial charge in [-0.05, 0) is 55.3 Å². The summed E-state index contributed by atoms with van der Waals surface area (Å²) in [6, 6.07) is 19.7. The first-order chi connectivity index (χ1) is 16.1. The number of aromatic nitrogens is 1. The average molecular weight is 463 g/mol. The highest BCUT2D eigenvalue weighted by molar-refractivity contribution is 7.89. The van der Waals surface area contributed by atoms with E-state index < -0.39 is 16.2 Å². The smallest absolute Gasteiger partial charge is 0.261 e. The molecule has 0 aliphatic carbocycles. The van der Waals surface area contributed by atoms with Gasteiger partial charge < -0.3 is 5.32 Å². The van der Waals surface area contributed by atoms with Crippen LogP contribution in [-0.4, -0.2) is 36.7 Å². The number of hydrogen-bond donors (Lipinski definition) is 1. The fourth-order valence-corrected chi connectivity index (χ4v) is 6.02. The molecule has 3 heterocycles. The van der Waals surface area contributed by atoms with Crippen LogP contribution in [0, 0.1) is 0 Å². The predicted octanol–water partition coefficient (Wildman–Crippen LogP) is 4.42. The van der Waals surface area contributed by atoms with E-state index in [0.29, 0.717) is 29.4 Å². The van der Waals surface area contributed by atoms with Crippen LogP contribution < -0.4 is 10.2 Å². The first-order valence-corrected chi connectivity index (χ1v) is 12.7. The second-order valence-electron chi connectivity index (χ2n) is 8.34.